The van der Waals surface area contributed by atoms with Crippen LogP contribution in [0.1, 0.15) is 43.4 Å². The van der Waals surface area contributed by atoms with Crippen LogP contribution in [0.4, 0.5) is 5.69 Å². The van der Waals surface area contributed by atoms with Crippen molar-refractivity contribution in [3.05, 3.63) is 101 Å². The van der Waals surface area contributed by atoms with Crippen molar-refractivity contribution in [1.29, 1.82) is 0 Å². The first-order valence-electron chi connectivity index (χ1n) is 13.8. The summed E-state index contributed by atoms with van der Waals surface area (Å²) in [5.41, 5.74) is 3.45. The fraction of sp³-hybridized carbons (Fsp3) is 0.375. The summed E-state index contributed by atoms with van der Waals surface area (Å²) in [5.74, 6) is -0.162. The normalized spacial score (nSPS) is 12.1. The van der Waals surface area contributed by atoms with Gasteiger partial charge in [0.1, 0.15) is 6.04 Å². The first-order chi connectivity index (χ1) is 19.4. The summed E-state index contributed by atoms with van der Waals surface area (Å²) in [7, 11) is -3.59. The van der Waals surface area contributed by atoms with Crippen molar-refractivity contribution in [1.82, 2.24) is 10.2 Å². The van der Waals surface area contributed by atoms with Crippen molar-refractivity contribution in [2.75, 3.05) is 23.7 Å². The molecule has 1 atom stereocenters. The number of nitrogens with zero attached hydrogens (tertiary/aromatic N) is 2. The van der Waals surface area contributed by atoms with E-state index in [1.165, 1.54) is 4.31 Å². The summed E-state index contributed by atoms with van der Waals surface area (Å²) in [6.07, 6.45) is 1.86. The molecule has 0 heterocycles. The van der Waals surface area contributed by atoms with Crippen molar-refractivity contribution in [2.45, 2.75) is 52.6 Å². The molecule has 0 fully saturated rings. The van der Waals surface area contributed by atoms with Crippen molar-refractivity contribution in [3.63, 3.8) is 0 Å². The van der Waals surface area contributed by atoms with Crippen LogP contribution in [0.5, 0.6) is 0 Å². The Balaban J connectivity index is 1.87. The second-order valence-electron chi connectivity index (χ2n) is 10.8. The summed E-state index contributed by atoms with van der Waals surface area (Å²) in [6, 6.07) is 23.4. The van der Waals surface area contributed by atoms with E-state index in [9.17, 15) is 18.0 Å². The summed E-state index contributed by atoms with van der Waals surface area (Å²) < 4.78 is 26.4. The first kappa shape index (κ1) is 32.2. The van der Waals surface area contributed by atoms with Gasteiger partial charge < -0.3 is 10.2 Å². The molecular weight excluding hydrogens is 558 g/mol. The standard InChI is InChI=1S/C32H40ClN3O4S/c1-24(2)22-34-32(38)30(21-26-9-6-5-7-10-26)35(23-27-14-12-25(3)13-15-27)31(37)11-8-20-36(41(4,39)40)29-18-16-28(33)17-19-29/h5-7,9-10,12-19,24,30H,8,11,20-23H2,1-4H3,(H,34,38)/t30-/m0/s1. The van der Waals surface area contributed by atoms with E-state index in [-0.39, 0.29) is 43.7 Å². The van der Waals surface area contributed by atoms with Crippen LogP contribution in [-0.4, -0.2) is 50.5 Å². The third kappa shape index (κ3) is 10.2. The molecule has 3 aromatic rings. The zero-order valence-electron chi connectivity index (χ0n) is 24.2. The number of aryl methyl sites for hydroxylation is 1. The van der Waals surface area contributed by atoms with Gasteiger partial charge in [0.15, 0.2) is 0 Å². The van der Waals surface area contributed by atoms with Gasteiger partial charge in [0, 0.05) is 37.5 Å². The highest BCUT2D eigenvalue weighted by atomic mass is 35.5. The number of carbonyl (C=O) groups is 2. The van der Waals surface area contributed by atoms with Crippen LogP contribution in [0, 0.1) is 12.8 Å². The van der Waals surface area contributed by atoms with Gasteiger partial charge in [-0.2, -0.15) is 0 Å². The number of hydrogen-bond acceptors (Lipinski definition) is 4. The van der Waals surface area contributed by atoms with Gasteiger partial charge in [-0.1, -0.05) is 85.6 Å². The van der Waals surface area contributed by atoms with Crippen LogP contribution < -0.4 is 9.62 Å². The topological polar surface area (TPSA) is 86.8 Å². The molecule has 9 heteroatoms. The fourth-order valence-electron chi connectivity index (χ4n) is 4.48. The number of rotatable bonds is 14. The van der Waals surface area contributed by atoms with E-state index in [1.54, 1.807) is 29.2 Å². The number of halogens is 1. The highest BCUT2D eigenvalue weighted by Gasteiger charge is 2.30. The maximum Gasteiger partial charge on any atom is 0.243 e. The van der Waals surface area contributed by atoms with Gasteiger partial charge in [0.05, 0.1) is 11.9 Å². The van der Waals surface area contributed by atoms with Crippen LogP contribution >= 0.6 is 11.6 Å². The molecule has 7 nitrogen and oxygen atoms in total. The van der Waals surface area contributed by atoms with E-state index < -0.39 is 16.1 Å². The molecule has 0 spiro atoms. The van der Waals surface area contributed by atoms with Crippen molar-refractivity contribution >= 4 is 39.1 Å². The van der Waals surface area contributed by atoms with E-state index >= 15 is 0 Å². The molecule has 3 rings (SSSR count). The number of carbonyl (C=O) groups excluding carboxylic acids is 2. The van der Waals surface area contributed by atoms with E-state index in [4.69, 9.17) is 11.6 Å². The second kappa shape index (κ2) is 15.0. The molecule has 41 heavy (non-hydrogen) atoms. The molecule has 3 aromatic carbocycles. The Morgan fingerprint density at radius 3 is 2.12 bits per heavy atom. The van der Waals surface area contributed by atoms with Crippen LogP contribution in [0.25, 0.3) is 0 Å². The quantitative estimate of drug-likeness (QED) is 0.262. The predicted molar refractivity (Wildman–Crippen MR) is 166 cm³/mol. The molecule has 0 unspecified atom stereocenters. The largest absolute Gasteiger partial charge is 0.354 e. The zero-order valence-corrected chi connectivity index (χ0v) is 25.8. The van der Waals surface area contributed by atoms with E-state index in [0.29, 0.717) is 23.7 Å². The minimum absolute atomic E-state index is 0.0776. The number of hydrogen-bond donors (Lipinski definition) is 1. The molecule has 0 saturated heterocycles. The van der Waals surface area contributed by atoms with Gasteiger partial charge in [-0.3, -0.25) is 13.9 Å². The molecule has 0 saturated carbocycles. The highest BCUT2D eigenvalue weighted by molar-refractivity contribution is 7.92. The van der Waals surface area contributed by atoms with Crippen LogP contribution in [0.3, 0.4) is 0 Å². The Labute approximate surface area is 249 Å². The third-order valence-electron chi connectivity index (χ3n) is 6.70. The molecule has 0 aliphatic rings. The number of amides is 2. The number of anilines is 1. The van der Waals surface area contributed by atoms with Crippen LogP contribution in [-0.2, 0) is 32.6 Å². The van der Waals surface area contributed by atoms with Crippen molar-refractivity contribution in [3.8, 4) is 0 Å². The van der Waals surface area contributed by atoms with Gasteiger partial charge in [-0.25, -0.2) is 8.42 Å². The average Bonchev–Trinajstić information content (AvgIpc) is 2.93. The van der Waals surface area contributed by atoms with E-state index in [0.717, 1.165) is 22.9 Å². The average molecular weight is 598 g/mol. The second-order valence-corrected chi connectivity index (χ2v) is 13.1. The Kier molecular flexibility index (Phi) is 11.8. The van der Waals surface area contributed by atoms with Crippen LogP contribution in [0.2, 0.25) is 5.02 Å². The van der Waals surface area contributed by atoms with Crippen LogP contribution in [0.15, 0.2) is 78.9 Å². The molecule has 0 aliphatic carbocycles. The minimum atomic E-state index is -3.59. The summed E-state index contributed by atoms with van der Waals surface area (Å²) in [6.45, 7) is 6.93. The lowest BCUT2D eigenvalue weighted by Gasteiger charge is -2.32. The number of benzene rings is 3. The molecule has 0 aromatic heterocycles. The highest BCUT2D eigenvalue weighted by Crippen LogP contribution is 2.22. The summed E-state index contributed by atoms with van der Waals surface area (Å²) in [5, 5.41) is 3.53. The maximum absolute atomic E-state index is 13.9. The molecule has 0 aliphatic heterocycles. The third-order valence-corrected chi connectivity index (χ3v) is 8.14. The van der Waals surface area contributed by atoms with Crippen molar-refractivity contribution in [2.24, 2.45) is 5.92 Å². The lowest BCUT2D eigenvalue weighted by atomic mass is 10.0. The minimum Gasteiger partial charge on any atom is -0.354 e. The maximum atomic E-state index is 13.9. The van der Waals surface area contributed by atoms with Gasteiger partial charge >= 0.3 is 0 Å². The fourth-order valence-corrected chi connectivity index (χ4v) is 5.57. The molecule has 1 N–H and O–H groups in total. The molecule has 0 radical (unpaired) electrons. The Morgan fingerprint density at radius 2 is 1.54 bits per heavy atom. The molecular formula is C32H40ClN3O4S. The summed E-state index contributed by atoms with van der Waals surface area (Å²) >= 11 is 5.99. The number of nitrogens with one attached hydrogen (secondary N) is 1. The van der Waals surface area contributed by atoms with Crippen molar-refractivity contribution < 1.29 is 18.0 Å². The van der Waals surface area contributed by atoms with Gasteiger partial charge in [0.2, 0.25) is 21.8 Å². The number of sulfonamides is 1. The van der Waals surface area contributed by atoms with Gasteiger partial charge in [-0.05, 0) is 54.7 Å². The smallest absolute Gasteiger partial charge is 0.243 e. The van der Waals surface area contributed by atoms with E-state index in [2.05, 4.69) is 5.32 Å². The van der Waals surface area contributed by atoms with Gasteiger partial charge in [0.25, 0.3) is 0 Å². The Bertz CT molecular complexity index is 1380. The van der Waals surface area contributed by atoms with E-state index in [1.807, 2.05) is 75.4 Å². The lowest BCUT2D eigenvalue weighted by molar-refractivity contribution is -0.141. The SMILES string of the molecule is Cc1ccc(CN(C(=O)CCCN(c2ccc(Cl)cc2)S(C)(=O)=O)[C@@H](Cc2ccccc2)C(=O)NCC(C)C)cc1. The monoisotopic (exact) mass is 597 g/mol. The lowest BCUT2D eigenvalue weighted by Crippen LogP contribution is -2.51. The first-order valence-corrected chi connectivity index (χ1v) is 16.1. The summed E-state index contributed by atoms with van der Waals surface area (Å²) in [4.78, 5) is 29.1. The Hall–Kier alpha value is -3.36. The molecule has 0 bridgehead atoms. The predicted octanol–water partition coefficient (Wildman–Crippen LogP) is 5.61. The molecule has 220 valence electrons. The molecule has 2 amide bonds. The Morgan fingerprint density at radius 1 is 0.902 bits per heavy atom. The zero-order chi connectivity index (χ0) is 30.0. The van der Waals surface area contributed by atoms with Gasteiger partial charge in [-0.15, -0.1) is 0 Å².